The molecule has 0 bridgehead atoms. The van der Waals surface area contributed by atoms with E-state index in [1.807, 2.05) is 30.3 Å². The van der Waals surface area contributed by atoms with E-state index in [0.717, 1.165) is 80.3 Å². The highest BCUT2D eigenvalue weighted by molar-refractivity contribution is 6.30. The van der Waals surface area contributed by atoms with Crippen molar-refractivity contribution in [1.29, 1.82) is 0 Å². The lowest BCUT2D eigenvalue weighted by Gasteiger charge is -2.32. The fraction of sp³-hybridized carbons (Fsp3) is 0.387. The molecule has 2 fully saturated rings. The summed E-state index contributed by atoms with van der Waals surface area (Å²) in [7, 11) is 0. The molecule has 4 aromatic rings. The first-order valence-corrected chi connectivity index (χ1v) is 14.4. The Kier molecular flexibility index (Phi) is 8.18. The molecule has 0 aliphatic carbocycles. The number of carbonyl (C=O) groups is 1. The molecule has 10 heteroatoms. The fourth-order valence-corrected chi connectivity index (χ4v) is 5.69. The molecule has 2 aliphatic heterocycles. The lowest BCUT2D eigenvalue weighted by Crippen LogP contribution is -2.35. The van der Waals surface area contributed by atoms with Gasteiger partial charge in [-0.05, 0) is 68.8 Å². The number of anilines is 1. The quantitative estimate of drug-likeness (QED) is 0.266. The van der Waals surface area contributed by atoms with Crippen LogP contribution in [0.25, 0.3) is 11.0 Å². The minimum atomic E-state index is -0.386. The molecule has 4 heterocycles. The van der Waals surface area contributed by atoms with Gasteiger partial charge < -0.3 is 19.4 Å². The number of hydrogen-bond donors (Lipinski definition) is 1. The van der Waals surface area contributed by atoms with Crippen molar-refractivity contribution in [2.45, 2.75) is 57.9 Å². The van der Waals surface area contributed by atoms with E-state index in [0.29, 0.717) is 22.4 Å². The fourth-order valence-electron chi connectivity index (χ4n) is 5.53. The number of nitrogens with zero attached hydrogens (tertiary/aromatic N) is 4. The van der Waals surface area contributed by atoms with Crippen LogP contribution < -0.4 is 10.1 Å². The molecule has 41 heavy (non-hydrogen) atoms. The van der Waals surface area contributed by atoms with Gasteiger partial charge in [0.25, 0.3) is 0 Å². The number of benzene rings is 2. The van der Waals surface area contributed by atoms with Gasteiger partial charge in [-0.3, -0.25) is 9.69 Å². The highest BCUT2D eigenvalue weighted by atomic mass is 35.5. The average Bonchev–Trinajstić information content (AvgIpc) is 3.26. The molecule has 0 saturated carbocycles. The zero-order chi connectivity index (χ0) is 28.3. The third-order valence-electron chi connectivity index (χ3n) is 7.83. The summed E-state index contributed by atoms with van der Waals surface area (Å²) in [5.74, 6) is 1.34. The highest BCUT2D eigenvalue weighted by Crippen LogP contribution is 2.30. The number of ether oxygens (including phenoxy) is 2. The largest absolute Gasteiger partial charge is 0.473 e. The summed E-state index contributed by atoms with van der Waals surface area (Å²) in [5, 5.41) is 3.22. The second-order valence-electron chi connectivity index (χ2n) is 10.8. The molecule has 8 nitrogen and oxygen atoms in total. The summed E-state index contributed by atoms with van der Waals surface area (Å²) in [6.07, 6.45) is 3.21. The third-order valence-corrected chi connectivity index (χ3v) is 8.07. The molecular formula is C31H33ClFN5O3. The summed E-state index contributed by atoms with van der Waals surface area (Å²) >= 11 is 5.85. The van der Waals surface area contributed by atoms with Crippen molar-refractivity contribution < 1.29 is 18.7 Å². The standard InChI is InChI=1S/C31H33ClFN5O3/c1-20(39)34-24-7-8-29-28(16-24)35-30(38(29)17-25-11-14-40-25)18-37-12-9-21(10-13-37)27-3-2-4-31(36-27)41-19-22-5-6-23(32)15-26(22)33/h2-8,15-16,21,25H,9-14,17-19H2,1H3,(H,34,39). The van der Waals surface area contributed by atoms with Gasteiger partial charge in [0, 0.05) is 47.5 Å². The molecule has 1 amide bonds. The molecule has 6 rings (SSSR count). The molecule has 1 atom stereocenters. The van der Waals surface area contributed by atoms with Crippen molar-refractivity contribution in [1.82, 2.24) is 19.4 Å². The average molecular weight is 578 g/mol. The molecule has 0 radical (unpaired) electrons. The number of piperidine rings is 1. The molecule has 1 unspecified atom stereocenters. The monoisotopic (exact) mass is 577 g/mol. The number of pyridine rings is 1. The van der Waals surface area contributed by atoms with Crippen molar-refractivity contribution in [2.75, 3.05) is 25.0 Å². The summed E-state index contributed by atoms with van der Waals surface area (Å²) in [5.41, 5.74) is 4.12. The van der Waals surface area contributed by atoms with Crippen LogP contribution in [0, 0.1) is 5.82 Å². The van der Waals surface area contributed by atoms with Crippen molar-refractivity contribution in [3.8, 4) is 5.88 Å². The third kappa shape index (κ3) is 6.53. The van der Waals surface area contributed by atoms with Gasteiger partial charge in [-0.25, -0.2) is 14.4 Å². The maximum atomic E-state index is 14.1. The Hall–Kier alpha value is -3.53. The lowest BCUT2D eigenvalue weighted by molar-refractivity contribution is -0.114. The summed E-state index contributed by atoms with van der Waals surface area (Å²) in [6.45, 7) is 5.78. The van der Waals surface area contributed by atoms with E-state index >= 15 is 0 Å². The first-order valence-electron chi connectivity index (χ1n) is 14.1. The first kappa shape index (κ1) is 27.6. The Bertz CT molecular complexity index is 1550. The molecular weight excluding hydrogens is 545 g/mol. The van der Waals surface area contributed by atoms with Crippen LogP contribution in [0.1, 0.15) is 49.2 Å². The van der Waals surface area contributed by atoms with Gasteiger partial charge in [-0.15, -0.1) is 0 Å². The number of hydrogen-bond acceptors (Lipinski definition) is 6. The Balaban J connectivity index is 1.10. The van der Waals surface area contributed by atoms with Crippen LogP contribution in [0.5, 0.6) is 5.88 Å². The van der Waals surface area contributed by atoms with E-state index in [1.165, 1.54) is 13.0 Å². The smallest absolute Gasteiger partial charge is 0.221 e. The molecule has 2 aliphatic rings. The molecule has 1 N–H and O–H groups in total. The number of carbonyl (C=O) groups excluding carboxylic acids is 1. The van der Waals surface area contributed by atoms with Crippen molar-refractivity contribution in [3.63, 3.8) is 0 Å². The zero-order valence-corrected chi connectivity index (χ0v) is 23.7. The normalized spacial score (nSPS) is 17.9. The van der Waals surface area contributed by atoms with Gasteiger partial charge in [0.1, 0.15) is 18.2 Å². The van der Waals surface area contributed by atoms with E-state index in [-0.39, 0.29) is 24.4 Å². The van der Waals surface area contributed by atoms with Crippen LogP contribution >= 0.6 is 11.6 Å². The van der Waals surface area contributed by atoms with Crippen LogP contribution in [0.4, 0.5) is 10.1 Å². The van der Waals surface area contributed by atoms with Crippen molar-refractivity contribution >= 4 is 34.2 Å². The summed E-state index contributed by atoms with van der Waals surface area (Å²) < 4.78 is 28.0. The van der Waals surface area contributed by atoms with Crippen molar-refractivity contribution in [2.24, 2.45) is 0 Å². The zero-order valence-electron chi connectivity index (χ0n) is 23.0. The van der Waals surface area contributed by atoms with Crippen LogP contribution in [0.15, 0.2) is 54.6 Å². The van der Waals surface area contributed by atoms with Crippen LogP contribution in [-0.2, 0) is 29.2 Å². The Labute approximate surface area is 243 Å². The highest BCUT2D eigenvalue weighted by Gasteiger charge is 2.26. The van der Waals surface area contributed by atoms with E-state index < -0.39 is 0 Å². The Morgan fingerprint density at radius 3 is 2.68 bits per heavy atom. The Morgan fingerprint density at radius 2 is 1.95 bits per heavy atom. The number of amides is 1. The molecule has 2 aromatic carbocycles. The minimum Gasteiger partial charge on any atom is -0.473 e. The number of aromatic nitrogens is 3. The van der Waals surface area contributed by atoms with Gasteiger partial charge in [0.2, 0.25) is 11.8 Å². The second-order valence-corrected chi connectivity index (χ2v) is 11.2. The molecule has 2 aromatic heterocycles. The first-order chi connectivity index (χ1) is 19.9. The molecule has 214 valence electrons. The minimum absolute atomic E-state index is 0.0944. The van der Waals surface area contributed by atoms with Gasteiger partial charge in [-0.2, -0.15) is 0 Å². The number of likely N-dealkylation sites (tertiary alicyclic amines) is 1. The number of halogens is 2. The Morgan fingerprint density at radius 1 is 1.12 bits per heavy atom. The topological polar surface area (TPSA) is 81.5 Å². The number of fused-ring (bicyclic) bond motifs is 1. The van der Waals surface area contributed by atoms with E-state index in [2.05, 4.69) is 14.8 Å². The van der Waals surface area contributed by atoms with E-state index in [4.69, 9.17) is 31.0 Å². The van der Waals surface area contributed by atoms with Crippen molar-refractivity contribution in [3.05, 3.63) is 82.5 Å². The van der Waals surface area contributed by atoms with E-state index in [1.54, 1.807) is 18.2 Å². The molecule has 2 saturated heterocycles. The number of imidazole rings is 1. The summed E-state index contributed by atoms with van der Waals surface area (Å²) in [6, 6.07) is 16.3. The van der Waals surface area contributed by atoms with Crippen LogP contribution in [-0.4, -0.2) is 51.1 Å². The van der Waals surface area contributed by atoms with Gasteiger partial charge in [-0.1, -0.05) is 23.7 Å². The van der Waals surface area contributed by atoms with Gasteiger partial charge >= 0.3 is 0 Å². The van der Waals surface area contributed by atoms with E-state index in [9.17, 15) is 9.18 Å². The van der Waals surface area contributed by atoms with Gasteiger partial charge in [0.05, 0.1) is 30.2 Å². The summed E-state index contributed by atoms with van der Waals surface area (Å²) in [4.78, 5) is 23.7. The predicted molar refractivity (Wildman–Crippen MR) is 156 cm³/mol. The predicted octanol–water partition coefficient (Wildman–Crippen LogP) is 5.93. The second kappa shape index (κ2) is 12.1. The van der Waals surface area contributed by atoms with Crippen LogP contribution in [0.3, 0.4) is 0 Å². The number of rotatable bonds is 9. The van der Waals surface area contributed by atoms with Gasteiger partial charge in [0.15, 0.2) is 0 Å². The maximum Gasteiger partial charge on any atom is 0.221 e. The number of nitrogens with one attached hydrogen (secondary N) is 1. The SMILES string of the molecule is CC(=O)Nc1ccc2c(c1)nc(CN1CCC(c3cccc(OCc4ccc(Cl)cc4F)n3)CC1)n2CC1CCO1. The molecule has 0 spiro atoms. The maximum absolute atomic E-state index is 14.1. The lowest BCUT2D eigenvalue weighted by atomic mass is 9.93. The van der Waals surface area contributed by atoms with Crippen LogP contribution in [0.2, 0.25) is 5.02 Å².